The van der Waals surface area contributed by atoms with Gasteiger partial charge < -0.3 is 5.32 Å². The molecular weight excluding hydrogens is 160 g/mol. The molecule has 1 N–H and O–H groups in total. The molecule has 0 aromatic rings. The van der Waals surface area contributed by atoms with Crippen LogP contribution in [-0.2, 0) is 14.4 Å². The largest absolute Gasteiger partial charge is 0.345 e. The minimum atomic E-state index is -0.529. The number of nitrogens with one attached hydrogen (secondary N) is 1. The van der Waals surface area contributed by atoms with Gasteiger partial charge in [-0.3, -0.25) is 19.3 Å². The Morgan fingerprint density at radius 2 is 2.00 bits per heavy atom. The lowest BCUT2D eigenvalue weighted by molar-refractivity contribution is -0.151. The molecule has 2 rings (SSSR count). The van der Waals surface area contributed by atoms with E-state index in [9.17, 15) is 14.4 Å². The molecule has 2 heterocycles. The van der Waals surface area contributed by atoms with E-state index < -0.39 is 6.04 Å². The molecule has 0 unspecified atom stereocenters. The number of fused-ring (bicyclic) bond motifs is 1. The molecule has 2 fully saturated rings. The molecule has 0 aromatic heterocycles. The van der Waals surface area contributed by atoms with E-state index >= 15 is 0 Å². The Morgan fingerprint density at radius 3 is 2.67 bits per heavy atom. The summed E-state index contributed by atoms with van der Waals surface area (Å²) in [4.78, 5) is 34.4. The lowest BCUT2D eigenvalue weighted by atomic mass is 10.2. The number of nitrogens with zero attached hydrogens (tertiary/aromatic N) is 1. The van der Waals surface area contributed by atoms with Crippen molar-refractivity contribution in [2.24, 2.45) is 0 Å². The number of imide groups is 1. The molecule has 3 amide bonds. The van der Waals surface area contributed by atoms with E-state index in [2.05, 4.69) is 5.32 Å². The fourth-order valence-electron chi connectivity index (χ4n) is 1.61. The average Bonchev–Trinajstić information content (AvgIpc) is 2.42. The summed E-state index contributed by atoms with van der Waals surface area (Å²) in [5.41, 5.74) is 0. The Morgan fingerprint density at radius 1 is 1.25 bits per heavy atom. The second-order valence-electron chi connectivity index (χ2n) is 2.93. The van der Waals surface area contributed by atoms with E-state index in [1.54, 1.807) is 0 Å². The van der Waals surface area contributed by atoms with Crippen molar-refractivity contribution in [3.05, 3.63) is 0 Å². The van der Waals surface area contributed by atoms with Crippen LogP contribution < -0.4 is 5.32 Å². The number of rotatable bonds is 0. The molecule has 0 spiro atoms. The van der Waals surface area contributed by atoms with E-state index in [1.807, 2.05) is 0 Å². The lowest BCUT2D eigenvalue weighted by Gasteiger charge is -2.26. The lowest BCUT2D eigenvalue weighted by Crippen LogP contribution is -2.56. The van der Waals surface area contributed by atoms with E-state index in [-0.39, 0.29) is 24.3 Å². The molecule has 0 aromatic carbocycles. The third-order valence-electron chi connectivity index (χ3n) is 2.20. The average molecular weight is 168 g/mol. The van der Waals surface area contributed by atoms with Crippen molar-refractivity contribution >= 4 is 17.7 Å². The van der Waals surface area contributed by atoms with E-state index in [1.165, 1.54) is 0 Å². The van der Waals surface area contributed by atoms with Crippen LogP contribution in [0.1, 0.15) is 12.8 Å². The van der Waals surface area contributed by atoms with Gasteiger partial charge in [0.05, 0.1) is 6.54 Å². The number of piperazine rings is 1. The van der Waals surface area contributed by atoms with Crippen molar-refractivity contribution < 1.29 is 14.4 Å². The summed E-state index contributed by atoms with van der Waals surface area (Å²) in [6.07, 6.45) is 0.778. The van der Waals surface area contributed by atoms with Gasteiger partial charge in [-0.15, -0.1) is 0 Å². The highest BCUT2D eigenvalue weighted by Gasteiger charge is 2.42. The number of hydrogen-bond acceptors (Lipinski definition) is 3. The van der Waals surface area contributed by atoms with Crippen LogP contribution in [0.3, 0.4) is 0 Å². The summed E-state index contributed by atoms with van der Waals surface area (Å²) < 4.78 is 0. The summed E-state index contributed by atoms with van der Waals surface area (Å²) in [5.74, 6) is -0.720. The Labute approximate surface area is 68.7 Å². The van der Waals surface area contributed by atoms with Crippen molar-refractivity contribution in [2.75, 3.05) is 6.54 Å². The molecule has 2 aliphatic rings. The van der Waals surface area contributed by atoms with Gasteiger partial charge in [-0.25, -0.2) is 0 Å². The third kappa shape index (κ3) is 0.823. The standard InChI is InChI=1S/C7H8N2O3/c10-5-2-1-4-7(12)8-3-6(11)9(4)5/h4H,1-3H2,(H,8,12)/t4-/m0/s1. The molecule has 1 atom stereocenters. The molecule has 12 heavy (non-hydrogen) atoms. The number of amides is 3. The van der Waals surface area contributed by atoms with Crippen LogP contribution in [0.15, 0.2) is 0 Å². The van der Waals surface area contributed by atoms with Crippen molar-refractivity contribution in [3.63, 3.8) is 0 Å². The first-order chi connectivity index (χ1) is 5.70. The topological polar surface area (TPSA) is 66.5 Å². The fraction of sp³-hybridized carbons (Fsp3) is 0.571. The monoisotopic (exact) mass is 168 g/mol. The maximum atomic E-state index is 11.1. The second kappa shape index (κ2) is 2.30. The van der Waals surface area contributed by atoms with Gasteiger partial charge in [-0.1, -0.05) is 0 Å². The van der Waals surface area contributed by atoms with E-state index in [0.717, 1.165) is 4.90 Å². The normalized spacial score (nSPS) is 28.8. The fourth-order valence-corrected chi connectivity index (χ4v) is 1.61. The highest BCUT2D eigenvalue weighted by molar-refractivity contribution is 6.06. The first kappa shape index (κ1) is 7.27. The van der Waals surface area contributed by atoms with Crippen LogP contribution in [0.2, 0.25) is 0 Å². The molecule has 2 saturated heterocycles. The van der Waals surface area contributed by atoms with Crippen molar-refractivity contribution in [3.8, 4) is 0 Å². The van der Waals surface area contributed by atoms with Crippen LogP contribution in [0.5, 0.6) is 0 Å². The zero-order valence-corrected chi connectivity index (χ0v) is 6.37. The Hall–Kier alpha value is -1.39. The summed E-state index contributed by atoms with van der Waals surface area (Å²) in [5, 5.41) is 2.44. The molecule has 0 radical (unpaired) electrons. The van der Waals surface area contributed by atoms with E-state index in [0.29, 0.717) is 12.8 Å². The number of hydrogen-bond donors (Lipinski definition) is 1. The Bertz CT molecular complexity index is 274. The third-order valence-corrected chi connectivity index (χ3v) is 2.20. The first-order valence-electron chi connectivity index (χ1n) is 3.83. The summed E-state index contributed by atoms with van der Waals surface area (Å²) in [6.45, 7) is -0.0406. The molecule has 5 nitrogen and oxygen atoms in total. The second-order valence-corrected chi connectivity index (χ2v) is 2.93. The van der Waals surface area contributed by atoms with Crippen molar-refractivity contribution in [1.82, 2.24) is 10.2 Å². The Balaban J connectivity index is 2.30. The van der Waals surface area contributed by atoms with Crippen LogP contribution >= 0.6 is 0 Å². The molecule has 64 valence electrons. The minimum absolute atomic E-state index is 0.0406. The van der Waals surface area contributed by atoms with Gasteiger partial charge in [0, 0.05) is 6.42 Å². The first-order valence-corrected chi connectivity index (χ1v) is 3.83. The van der Waals surface area contributed by atoms with Crippen LogP contribution in [-0.4, -0.2) is 35.2 Å². The molecule has 0 saturated carbocycles. The van der Waals surface area contributed by atoms with E-state index in [4.69, 9.17) is 0 Å². The van der Waals surface area contributed by atoms with Crippen LogP contribution in [0.4, 0.5) is 0 Å². The van der Waals surface area contributed by atoms with Gasteiger partial charge in [0.2, 0.25) is 17.7 Å². The molecule has 2 aliphatic heterocycles. The minimum Gasteiger partial charge on any atom is -0.345 e. The number of carbonyl (C=O) groups is 3. The predicted octanol–water partition coefficient (Wildman–Crippen LogP) is -1.37. The van der Waals surface area contributed by atoms with Crippen LogP contribution in [0, 0.1) is 0 Å². The summed E-state index contributed by atoms with van der Waals surface area (Å²) in [7, 11) is 0. The van der Waals surface area contributed by atoms with Crippen LogP contribution in [0.25, 0.3) is 0 Å². The van der Waals surface area contributed by atoms with Gasteiger partial charge in [0.15, 0.2) is 0 Å². The molecule has 0 bridgehead atoms. The number of carbonyl (C=O) groups excluding carboxylic acids is 3. The maximum Gasteiger partial charge on any atom is 0.249 e. The summed E-state index contributed by atoms with van der Waals surface area (Å²) in [6, 6.07) is -0.529. The molecular formula is C7H8N2O3. The maximum absolute atomic E-state index is 11.1. The SMILES string of the molecule is O=C1NCC(=O)N2C(=O)CC[C@@H]12. The highest BCUT2D eigenvalue weighted by Crippen LogP contribution is 2.20. The van der Waals surface area contributed by atoms with Gasteiger partial charge in [0.1, 0.15) is 6.04 Å². The van der Waals surface area contributed by atoms with Crippen molar-refractivity contribution in [1.29, 1.82) is 0 Å². The predicted molar refractivity (Wildman–Crippen MR) is 37.9 cm³/mol. The van der Waals surface area contributed by atoms with Crippen molar-refractivity contribution in [2.45, 2.75) is 18.9 Å². The zero-order valence-electron chi connectivity index (χ0n) is 6.37. The van der Waals surface area contributed by atoms with Gasteiger partial charge in [0.25, 0.3) is 0 Å². The Kier molecular flexibility index (Phi) is 1.39. The van der Waals surface area contributed by atoms with Gasteiger partial charge in [-0.05, 0) is 6.42 Å². The molecule has 0 aliphatic carbocycles. The molecule has 5 heteroatoms. The smallest absolute Gasteiger partial charge is 0.249 e. The quantitative estimate of drug-likeness (QED) is 0.454. The zero-order chi connectivity index (χ0) is 8.72. The van der Waals surface area contributed by atoms with Gasteiger partial charge >= 0.3 is 0 Å². The van der Waals surface area contributed by atoms with Gasteiger partial charge in [-0.2, -0.15) is 0 Å². The highest BCUT2D eigenvalue weighted by atomic mass is 16.2. The summed E-state index contributed by atoms with van der Waals surface area (Å²) >= 11 is 0.